The molecule has 0 aliphatic carbocycles. The van der Waals surface area contributed by atoms with Crippen molar-refractivity contribution >= 4 is 52.1 Å². The summed E-state index contributed by atoms with van der Waals surface area (Å²) < 4.78 is 7.94. The Balaban J connectivity index is 0.689. The van der Waals surface area contributed by atoms with Gasteiger partial charge in [-0.05, 0) is 100 Å². The molecule has 3 saturated heterocycles. The normalized spacial score (nSPS) is 19.4. The van der Waals surface area contributed by atoms with Crippen LogP contribution in [0.1, 0.15) is 84.5 Å². The Morgan fingerprint density at radius 2 is 1.55 bits per heavy atom. The highest BCUT2D eigenvalue weighted by Crippen LogP contribution is 2.36. The van der Waals surface area contributed by atoms with Crippen molar-refractivity contribution in [2.75, 3.05) is 70.0 Å². The van der Waals surface area contributed by atoms with Crippen LogP contribution in [0.25, 0.3) is 22.3 Å². The van der Waals surface area contributed by atoms with Gasteiger partial charge in [0, 0.05) is 69.9 Å². The summed E-state index contributed by atoms with van der Waals surface area (Å²) in [6.07, 6.45) is 7.72. The summed E-state index contributed by atoms with van der Waals surface area (Å²) in [5, 5.41) is 11.3. The number of benzene rings is 3. The summed E-state index contributed by atoms with van der Waals surface area (Å²) in [5.74, 6) is -0.00431. The van der Waals surface area contributed by atoms with Gasteiger partial charge in [-0.15, -0.1) is 0 Å². The van der Waals surface area contributed by atoms with E-state index in [1.54, 1.807) is 18.2 Å². The second-order valence-corrected chi connectivity index (χ2v) is 17.3. The third kappa shape index (κ3) is 9.56. The van der Waals surface area contributed by atoms with Crippen LogP contribution >= 0.6 is 0 Å². The summed E-state index contributed by atoms with van der Waals surface area (Å²) in [4.78, 5) is 81.0. The van der Waals surface area contributed by atoms with E-state index < -0.39 is 29.7 Å². The minimum absolute atomic E-state index is 0.0367. The van der Waals surface area contributed by atoms with Crippen molar-refractivity contribution in [3.8, 4) is 22.8 Å². The van der Waals surface area contributed by atoms with Crippen LogP contribution in [0.4, 0.5) is 11.5 Å². The lowest BCUT2D eigenvalue weighted by Crippen LogP contribution is -2.54. The molecular weight excluding hydrogens is 827 g/mol. The smallest absolute Gasteiger partial charge is 0.264 e. The zero-order valence-corrected chi connectivity index (χ0v) is 36.5. The maximum absolute atomic E-state index is 13.6. The largest absolute Gasteiger partial charge is 0.457 e. The van der Waals surface area contributed by atoms with Crippen molar-refractivity contribution in [2.24, 2.45) is 0 Å². The average Bonchev–Trinajstić information content (AvgIpc) is 3.84. The highest BCUT2D eigenvalue weighted by molar-refractivity contribution is 6.25. The van der Waals surface area contributed by atoms with Crippen LogP contribution in [0.5, 0.6) is 11.5 Å². The number of carbonyl (C=O) groups excluding carboxylic acids is 5. The zero-order chi connectivity index (χ0) is 44.9. The van der Waals surface area contributed by atoms with Crippen LogP contribution in [0.15, 0.2) is 79.1 Å². The van der Waals surface area contributed by atoms with Gasteiger partial charge < -0.3 is 30.5 Å². The molecule has 1 unspecified atom stereocenters. The number of carbonyl (C=O) groups is 5. The number of amides is 5. The molecule has 4 aliphatic rings. The number of fused-ring (bicyclic) bond motifs is 2. The molecule has 0 bridgehead atoms. The van der Waals surface area contributed by atoms with Crippen molar-refractivity contribution in [1.82, 2.24) is 44.7 Å². The SMILES string of the molecule is Nc1ncnc2c1c(-c1ccc(Oc3ccccc3)cc1)nn2[C@@H]1CCCN(C(=O)CCCN2CCN(CCCCCNc3cccc4c3C(=O)N(C3CCC(=O)NC3=O)C4=O)CC2)C1. The fourth-order valence-corrected chi connectivity index (χ4v) is 9.51. The highest BCUT2D eigenvalue weighted by Gasteiger charge is 2.45. The molecule has 65 heavy (non-hydrogen) atoms. The Hall–Kier alpha value is -6.72. The quantitative estimate of drug-likeness (QED) is 0.0873. The minimum atomic E-state index is -0.986. The lowest BCUT2D eigenvalue weighted by atomic mass is 10.0. The Bertz CT molecular complexity index is 2560. The van der Waals surface area contributed by atoms with Crippen molar-refractivity contribution in [3.05, 3.63) is 90.3 Å². The number of nitrogens with one attached hydrogen (secondary N) is 2. The number of nitrogens with zero attached hydrogens (tertiary/aromatic N) is 8. The van der Waals surface area contributed by atoms with E-state index in [1.807, 2.05) is 64.2 Å². The number of piperidine rings is 2. The van der Waals surface area contributed by atoms with Gasteiger partial charge in [-0.2, -0.15) is 5.10 Å². The van der Waals surface area contributed by atoms with Gasteiger partial charge in [0.05, 0.1) is 22.6 Å². The topological polar surface area (TPSA) is 201 Å². The molecule has 0 saturated carbocycles. The zero-order valence-electron chi connectivity index (χ0n) is 36.5. The number of anilines is 2. The summed E-state index contributed by atoms with van der Waals surface area (Å²) in [5.41, 5.74) is 9.83. The summed E-state index contributed by atoms with van der Waals surface area (Å²) in [6.45, 7) is 7.80. The maximum atomic E-state index is 13.6. The van der Waals surface area contributed by atoms with Crippen LogP contribution in [0.3, 0.4) is 0 Å². The minimum Gasteiger partial charge on any atom is -0.457 e. The van der Waals surface area contributed by atoms with E-state index in [9.17, 15) is 24.0 Å². The molecule has 4 aliphatic heterocycles. The predicted molar refractivity (Wildman–Crippen MR) is 244 cm³/mol. The molecule has 6 heterocycles. The number of para-hydroxylation sites is 1. The average molecular weight is 882 g/mol. The molecule has 17 heteroatoms. The van der Waals surface area contributed by atoms with Gasteiger partial charge in [-0.25, -0.2) is 14.6 Å². The summed E-state index contributed by atoms with van der Waals surface area (Å²) in [6, 6.07) is 21.5. The van der Waals surface area contributed by atoms with E-state index in [2.05, 4.69) is 30.4 Å². The van der Waals surface area contributed by atoms with E-state index in [0.29, 0.717) is 53.5 Å². The third-order valence-electron chi connectivity index (χ3n) is 13.0. The van der Waals surface area contributed by atoms with Crippen LogP contribution in [-0.2, 0) is 14.4 Å². The van der Waals surface area contributed by atoms with Gasteiger partial charge in [0.2, 0.25) is 17.7 Å². The van der Waals surface area contributed by atoms with Crippen molar-refractivity contribution in [2.45, 2.75) is 69.9 Å². The Kier molecular flexibility index (Phi) is 13.1. The van der Waals surface area contributed by atoms with Gasteiger partial charge >= 0.3 is 0 Å². The predicted octanol–water partition coefficient (Wildman–Crippen LogP) is 5.11. The molecule has 2 atom stereocenters. The number of rotatable bonds is 16. The molecule has 4 N–H and O–H groups in total. The standard InChI is InChI=1S/C48H55N11O6/c49-44-42-43(32-16-18-35(19-17-32)65-34-11-3-1-4-12-34)54-59(45(42)52-31-51-44)33-10-8-25-57(30-33)40(61)15-9-24-56-28-26-55(27-29-56)23-6-2-5-22-50-37-14-7-13-36-41(37)48(64)58(47(36)63)38-20-21-39(60)53-46(38)62/h1,3-4,7,11-14,16-19,31,33,38,50H,2,5-6,8-10,15,20-30H2,(H2,49,51,52)(H,53,60,62)/t33-,38?/m1/s1. The first-order valence-electron chi connectivity index (χ1n) is 22.8. The fraction of sp³-hybridized carbons (Fsp3) is 0.417. The number of likely N-dealkylation sites (tertiary alicyclic amines) is 1. The number of hydrogen-bond acceptors (Lipinski definition) is 13. The number of nitrogens with two attached hydrogens (primary N) is 1. The van der Waals surface area contributed by atoms with Gasteiger partial charge in [-0.1, -0.05) is 30.7 Å². The molecule has 17 nitrogen and oxygen atoms in total. The number of nitrogen functional groups attached to an aromatic ring is 1. The monoisotopic (exact) mass is 881 g/mol. The van der Waals surface area contributed by atoms with Crippen LogP contribution in [0.2, 0.25) is 0 Å². The van der Waals surface area contributed by atoms with E-state index in [-0.39, 0.29) is 35.9 Å². The first kappa shape index (κ1) is 43.5. The van der Waals surface area contributed by atoms with Gasteiger partial charge in [0.1, 0.15) is 35.4 Å². The Morgan fingerprint density at radius 3 is 2.32 bits per heavy atom. The number of unbranched alkanes of at least 4 members (excludes halogenated alkanes) is 2. The van der Waals surface area contributed by atoms with E-state index in [1.165, 1.54) is 6.33 Å². The van der Waals surface area contributed by atoms with Crippen LogP contribution in [-0.4, -0.2) is 134 Å². The van der Waals surface area contributed by atoms with E-state index >= 15 is 0 Å². The number of hydrogen-bond donors (Lipinski definition) is 3. The molecule has 5 aromatic rings. The molecule has 2 aromatic heterocycles. The fourth-order valence-electron chi connectivity index (χ4n) is 9.51. The van der Waals surface area contributed by atoms with E-state index in [0.717, 1.165) is 101 Å². The second-order valence-electron chi connectivity index (χ2n) is 17.3. The first-order valence-corrected chi connectivity index (χ1v) is 22.8. The molecule has 3 aromatic carbocycles. The van der Waals surface area contributed by atoms with Crippen molar-refractivity contribution < 1.29 is 28.7 Å². The lowest BCUT2D eigenvalue weighted by Gasteiger charge is -2.35. The van der Waals surface area contributed by atoms with Gasteiger partial charge in [0.15, 0.2) is 5.65 Å². The number of aromatic nitrogens is 4. The van der Waals surface area contributed by atoms with Crippen LogP contribution < -0.4 is 21.1 Å². The molecule has 0 radical (unpaired) electrons. The molecule has 0 spiro atoms. The molecule has 3 fully saturated rings. The molecular formula is C48H55N11O6. The molecule has 9 rings (SSSR count). The second kappa shape index (κ2) is 19.6. The van der Waals surface area contributed by atoms with E-state index in [4.69, 9.17) is 15.6 Å². The van der Waals surface area contributed by atoms with Gasteiger partial charge in [0.25, 0.3) is 11.8 Å². The maximum Gasteiger partial charge on any atom is 0.264 e. The van der Waals surface area contributed by atoms with Crippen LogP contribution in [0, 0.1) is 0 Å². The summed E-state index contributed by atoms with van der Waals surface area (Å²) in [7, 11) is 0. The lowest BCUT2D eigenvalue weighted by molar-refractivity contribution is -0.136. The molecule has 5 amide bonds. The van der Waals surface area contributed by atoms with Gasteiger partial charge in [-0.3, -0.25) is 34.2 Å². The molecule has 338 valence electrons. The number of imide groups is 2. The summed E-state index contributed by atoms with van der Waals surface area (Å²) >= 11 is 0. The Morgan fingerprint density at radius 1 is 0.800 bits per heavy atom. The third-order valence-corrected chi connectivity index (χ3v) is 13.0. The van der Waals surface area contributed by atoms with Crippen molar-refractivity contribution in [1.29, 1.82) is 0 Å². The number of piperazine rings is 1. The first-order chi connectivity index (χ1) is 31.7. The Labute approximate surface area is 377 Å². The highest BCUT2D eigenvalue weighted by atomic mass is 16.5. The number of ether oxygens (including phenoxy) is 1. The van der Waals surface area contributed by atoms with Crippen molar-refractivity contribution in [3.63, 3.8) is 0 Å².